The summed E-state index contributed by atoms with van der Waals surface area (Å²) in [7, 11) is 2.99. The molecule has 0 fully saturated rings. The van der Waals surface area contributed by atoms with Crippen molar-refractivity contribution in [3.8, 4) is 0 Å². The van der Waals surface area contributed by atoms with Gasteiger partial charge in [0.05, 0.1) is 24.9 Å². The molecular formula is C18H20ClFN2O3. The van der Waals surface area contributed by atoms with Crippen molar-refractivity contribution in [2.45, 2.75) is 20.4 Å². The second-order valence-electron chi connectivity index (χ2n) is 5.91. The maximum Gasteiger partial charge on any atom is 0.339 e. The number of aromatic nitrogens is 1. The molecule has 1 aromatic heterocycles. The number of esters is 1. The van der Waals surface area contributed by atoms with Gasteiger partial charge in [0.15, 0.2) is 5.78 Å². The molecule has 0 aliphatic heterocycles. The fourth-order valence-electron chi connectivity index (χ4n) is 2.77. The van der Waals surface area contributed by atoms with Gasteiger partial charge in [0, 0.05) is 22.8 Å². The van der Waals surface area contributed by atoms with Crippen LogP contribution in [-0.2, 0) is 11.3 Å². The van der Waals surface area contributed by atoms with E-state index in [4.69, 9.17) is 16.3 Å². The van der Waals surface area contributed by atoms with Gasteiger partial charge in [-0.05, 0) is 38.6 Å². The number of aryl methyl sites for hydroxylation is 1. The van der Waals surface area contributed by atoms with E-state index in [1.54, 1.807) is 31.9 Å². The number of likely N-dealkylation sites (N-methyl/N-ethyl adjacent to an activating group) is 1. The summed E-state index contributed by atoms with van der Waals surface area (Å²) in [6.07, 6.45) is 0. The molecule has 0 saturated carbocycles. The Hall–Kier alpha value is -2.18. The number of benzene rings is 1. The Morgan fingerprint density at radius 2 is 2.00 bits per heavy atom. The predicted octanol–water partition coefficient (Wildman–Crippen LogP) is 3.53. The van der Waals surface area contributed by atoms with Crippen molar-refractivity contribution in [3.63, 3.8) is 0 Å². The highest BCUT2D eigenvalue weighted by molar-refractivity contribution is 6.31. The first-order chi connectivity index (χ1) is 11.8. The van der Waals surface area contributed by atoms with Gasteiger partial charge in [-0.15, -0.1) is 0 Å². The summed E-state index contributed by atoms with van der Waals surface area (Å²) < 4.78 is 18.6. The minimum Gasteiger partial charge on any atom is -0.465 e. The lowest BCUT2D eigenvalue weighted by atomic mass is 10.1. The standard InChI is InChI=1S/C18H20ClFN2O3/c1-10-16(18(24)25-4)11(2)21-17(10)15(23)9-22(3)8-12-13(19)6-5-7-14(12)20/h5-7,21H,8-9H2,1-4H3. The van der Waals surface area contributed by atoms with Gasteiger partial charge >= 0.3 is 5.97 Å². The molecule has 0 saturated heterocycles. The van der Waals surface area contributed by atoms with Crippen molar-refractivity contribution in [1.29, 1.82) is 0 Å². The van der Waals surface area contributed by atoms with Crippen LogP contribution in [0.25, 0.3) is 0 Å². The Balaban J connectivity index is 2.16. The van der Waals surface area contributed by atoms with Crippen molar-refractivity contribution in [2.75, 3.05) is 20.7 Å². The molecule has 0 bridgehead atoms. The van der Waals surface area contributed by atoms with Crippen LogP contribution in [0.5, 0.6) is 0 Å². The number of Topliss-reactive ketones (excluding diaryl/α,β-unsaturated/α-hetero) is 1. The second kappa shape index (κ2) is 7.80. The zero-order valence-corrected chi connectivity index (χ0v) is 15.3. The number of carbonyl (C=O) groups is 2. The highest BCUT2D eigenvalue weighted by Crippen LogP contribution is 2.22. The van der Waals surface area contributed by atoms with E-state index in [9.17, 15) is 14.0 Å². The van der Waals surface area contributed by atoms with Crippen molar-refractivity contribution >= 4 is 23.4 Å². The number of hydrogen-bond acceptors (Lipinski definition) is 4. The summed E-state index contributed by atoms with van der Waals surface area (Å²) in [6, 6.07) is 4.47. The van der Waals surface area contributed by atoms with Crippen LogP contribution in [0.1, 0.15) is 37.7 Å². The SMILES string of the molecule is COC(=O)c1c(C)[nH]c(C(=O)CN(C)Cc2c(F)cccc2Cl)c1C. The number of nitrogens with zero attached hydrogens (tertiary/aromatic N) is 1. The maximum absolute atomic E-state index is 13.9. The first kappa shape index (κ1) is 19.1. The van der Waals surface area contributed by atoms with Crippen LogP contribution in [-0.4, -0.2) is 42.3 Å². The average Bonchev–Trinajstić information content (AvgIpc) is 2.85. The molecule has 5 nitrogen and oxygen atoms in total. The van der Waals surface area contributed by atoms with Crippen molar-refractivity contribution < 1.29 is 18.7 Å². The highest BCUT2D eigenvalue weighted by Gasteiger charge is 2.23. The summed E-state index contributed by atoms with van der Waals surface area (Å²) >= 11 is 6.02. The third-order valence-corrected chi connectivity index (χ3v) is 4.36. The van der Waals surface area contributed by atoms with Gasteiger partial charge in [0.1, 0.15) is 5.82 Å². The van der Waals surface area contributed by atoms with Crippen molar-refractivity contribution in [1.82, 2.24) is 9.88 Å². The Morgan fingerprint density at radius 1 is 1.32 bits per heavy atom. The molecule has 0 spiro atoms. The van der Waals surface area contributed by atoms with Crippen LogP contribution < -0.4 is 0 Å². The van der Waals surface area contributed by atoms with Gasteiger partial charge < -0.3 is 9.72 Å². The monoisotopic (exact) mass is 366 g/mol. The number of carbonyl (C=O) groups excluding carboxylic acids is 2. The predicted molar refractivity (Wildman–Crippen MR) is 93.7 cm³/mol. The fraction of sp³-hybridized carbons (Fsp3) is 0.333. The van der Waals surface area contributed by atoms with Crippen molar-refractivity contribution in [2.24, 2.45) is 0 Å². The minimum absolute atomic E-state index is 0.0477. The summed E-state index contributed by atoms with van der Waals surface area (Å²) in [6.45, 7) is 3.64. The van der Waals surface area contributed by atoms with Gasteiger partial charge in [0.2, 0.25) is 0 Å². The molecule has 1 aromatic carbocycles. The van der Waals surface area contributed by atoms with E-state index in [-0.39, 0.29) is 18.9 Å². The van der Waals surface area contributed by atoms with Gasteiger partial charge in [-0.2, -0.15) is 0 Å². The average molecular weight is 367 g/mol. The molecule has 25 heavy (non-hydrogen) atoms. The topological polar surface area (TPSA) is 62.4 Å². The number of H-pyrrole nitrogens is 1. The molecule has 1 heterocycles. The summed E-state index contributed by atoms with van der Waals surface area (Å²) in [5, 5.41) is 0.319. The Kier molecular flexibility index (Phi) is 5.98. The molecule has 0 amide bonds. The highest BCUT2D eigenvalue weighted by atomic mass is 35.5. The smallest absolute Gasteiger partial charge is 0.339 e. The Labute approximate surface area is 150 Å². The van der Waals surface area contributed by atoms with E-state index in [0.29, 0.717) is 33.1 Å². The fourth-order valence-corrected chi connectivity index (χ4v) is 2.99. The molecule has 7 heteroatoms. The molecule has 2 aromatic rings. The van der Waals surface area contributed by atoms with Gasteiger partial charge in [0.25, 0.3) is 0 Å². The summed E-state index contributed by atoms with van der Waals surface area (Å²) in [5.41, 5.74) is 2.18. The largest absolute Gasteiger partial charge is 0.465 e. The second-order valence-corrected chi connectivity index (χ2v) is 6.32. The van der Waals surface area contributed by atoms with E-state index in [0.717, 1.165) is 0 Å². The van der Waals surface area contributed by atoms with Crippen LogP contribution in [0, 0.1) is 19.7 Å². The minimum atomic E-state index is -0.489. The number of rotatable bonds is 6. The molecule has 2 rings (SSSR count). The van der Waals surface area contributed by atoms with E-state index in [1.807, 2.05) is 0 Å². The van der Waals surface area contributed by atoms with Crippen LogP contribution in [0.3, 0.4) is 0 Å². The van der Waals surface area contributed by atoms with Crippen LogP contribution >= 0.6 is 11.6 Å². The molecule has 0 radical (unpaired) electrons. The maximum atomic E-state index is 13.9. The number of halogens is 2. The van der Waals surface area contributed by atoms with Gasteiger partial charge in [-0.3, -0.25) is 9.69 Å². The lowest BCUT2D eigenvalue weighted by molar-refractivity contribution is 0.0599. The van der Waals surface area contributed by atoms with E-state index >= 15 is 0 Å². The first-order valence-electron chi connectivity index (χ1n) is 7.68. The van der Waals surface area contributed by atoms with E-state index in [1.165, 1.54) is 19.2 Å². The number of methoxy groups -OCH3 is 1. The molecular weight excluding hydrogens is 347 g/mol. The number of nitrogens with one attached hydrogen (secondary N) is 1. The first-order valence-corrected chi connectivity index (χ1v) is 8.06. The quantitative estimate of drug-likeness (QED) is 0.627. The normalized spacial score (nSPS) is 11.0. The lowest BCUT2D eigenvalue weighted by Crippen LogP contribution is -2.26. The summed E-state index contributed by atoms with van der Waals surface area (Å²) in [4.78, 5) is 29.0. The summed E-state index contributed by atoms with van der Waals surface area (Å²) in [5.74, 6) is -1.10. The lowest BCUT2D eigenvalue weighted by Gasteiger charge is -2.17. The van der Waals surface area contributed by atoms with Crippen LogP contribution in [0.15, 0.2) is 18.2 Å². The molecule has 134 valence electrons. The zero-order valence-electron chi connectivity index (χ0n) is 14.6. The third-order valence-electron chi connectivity index (χ3n) is 4.01. The number of aromatic amines is 1. The number of ketones is 1. The zero-order chi connectivity index (χ0) is 18.7. The molecule has 0 aliphatic rings. The van der Waals surface area contributed by atoms with Crippen LogP contribution in [0.2, 0.25) is 5.02 Å². The molecule has 0 unspecified atom stereocenters. The third kappa shape index (κ3) is 4.08. The molecule has 0 atom stereocenters. The van der Waals surface area contributed by atoms with E-state index < -0.39 is 11.8 Å². The number of ether oxygens (including phenoxy) is 1. The van der Waals surface area contributed by atoms with E-state index in [2.05, 4.69) is 4.98 Å². The molecule has 0 aliphatic carbocycles. The van der Waals surface area contributed by atoms with Gasteiger partial charge in [-0.1, -0.05) is 17.7 Å². The van der Waals surface area contributed by atoms with Crippen LogP contribution in [0.4, 0.5) is 4.39 Å². The Bertz CT molecular complexity index is 797. The Morgan fingerprint density at radius 3 is 2.60 bits per heavy atom. The molecule has 1 N–H and O–H groups in total. The van der Waals surface area contributed by atoms with Gasteiger partial charge in [-0.25, -0.2) is 9.18 Å². The number of hydrogen-bond donors (Lipinski definition) is 1. The van der Waals surface area contributed by atoms with Crippen molar-refractivity contribution in [3.05, 3.63) is 57.1 Å².